The number of guanidine groups is 1. The summed E-state index contributed by atoms with van der Waals surface area (Å²) in [6.07, 6.45) is 4.21. The molecule has 3 rings (SSSR count). The van der Waals surface area contributed by atoms with Crippen LogP contribution in [-0.2, 0) is 9.47 Å². The largest absolute Gasteiger partial charge is 0.378 e. The fourth-order valence-electron chi connectivity index (χ4n) is 4.52. The summed E-state index contributed by atoms with van der Waals surface area (Å²) in [5.41, 5.74) is 0.195. The molecule has 0 radical (unpaired) electrons. The average Bonchev–Trinajstić information content (AvgIpc) is 2.96. The summed E-state index contributed by atoms with van der Waals surface area (Å²) in [7, 11) is 1.89. The van der Waals surface area contributed by atoms with Gasteiger partial charge in [0.25, 0.3) is 0 Å². The zero-order chi connectivity index (χ0) is 15.7. The number of hydrogen-bond donors (Lipinski definition) is 1. The fraction of sp³-hybridized carbons (Fsp3) is 0.941. The molecule has 0 aromatic carbocycles. The molecule has 2 aliphatic heterocycles. The van der Waals surface area contributed by atoms with Crippen LogP contribution in [0, 0.1) is 11.3 Å². The van der Waals surface area contributed by atoms with Gasteiger partial charge in [0.1, 0.15) is 0 Å². The van der Waals surface area contributed by atoms with Crippen molar-refractivity contribution in [1.29, 1.82) is 0 Å². The maximum absolute atomic E-state index is 5.89. The highest BCUT2D eigenvalue weighted by molar-refractivity contribution is 14.0. The molecular weight excluding hydrogens is 405 g/mol. The average molecular weight is 437 g/mol. The SMILES string of the molecule is CCOC1CCN(C(=NC)NC2C3CCOC3C2(C)C)CC1.I. The molecule has 3 fully saturated rings. The van der Waals surface area contributed by atoms with Crippen LogP contribution in [-0.4, -0.2) is 62.5 Å². The molecule has 0 spiro atoms. The van der Waals surface area contributed by atoms with Crippen molar-refractivity contribution < 1.29 is 9.47 Å². The maximum atomic E-state index is 5.89. The van der Waals surface area contributed by atoms with Gasteiger partial charge in [0.05, 0.1) is 12.2 Å². The first-order chi connectivity index (χ1) is 10.6. The van der Waals surface area contributed by atoms with Crippen molar-refractivity contribution in [1.82, 2.24) is 10.2 Å². The third-order valence-electron chi connectivity index (χ3n) is 5.74. The Morgan fingerprint density at radius 1 is 1.30 bits per heavy atom. The minimum atomic E-state index is 0. The highest BCUT2D eigenvalue weighted by atomic mass is 127. The molecule has 3 atom stereocenters. The molecule has 1 saturated carbocycles. The molecule has 134 valence electrons. The molecule has 23 heavy (non-hydrogen) atoms. The molecule has 3 unspecified atom stereocenters. The van der Waals surface area contributed by atoms with E-state index in [1.54, 1.807) is 0 Å². The van der Waals surface area contributed by atoms with Gasteiger partial charge in [-0.25, -0.2) is 0 Å². The first-order valence-corrected chi connectivity index (χ1v) is 8.79. The number of ether oxygens (including phenoxy) is 2. The van der Waals surface area contributed by atoms with Gasteiger partial charge in [-0.15, -0.1) is 24.0 Å². The highest BCUT2D eigenvalue weighted by Gasteiger charge is 2.59. The lowest BCUT2D eigenvalue weighted by Gasteiger charge is -2.55. The van der Waals surface area contributed by atoms with E-state index in [-0.39, 0.29) is 29.4 Å². The monoisotopic (exact) mass is 437 g/mol. The van der Waals surface area contributed by atoms with Crippen LogP contribution in [0.2, 0.25) is 0 Å². The number of fused-ring (bicyclic) bond motifs is 1. The van der Waals surface area contributed by atoms with Crippen molar-refractivity contribution in [2.24, 2.45) is 16.3 Å². The second-order valence-corrected chi connectivity index (χ2v) is 7.38. The second-order valence-electron chi connectivity index (χ2n) is 7.38. The van der Waals surface area contributed by atoms with Gasteiger partial charge in [-0.3, -0.25) is 4.99 Å². The normalized spacial score (nSPS) is 33.7. The summed E-state index contributed by atoms with van der Waals surface area (Å²) in [4.78, 5) is 6.92. The van der Waals surface area contributed by atoms with Crippen molar-refractivity contribution >= 4 is 29.9 Å². The summed E-state index contributed by atoms with van der Waals surface area (Å²) >= 11 is 0. The molecule has 1 N–H and O–H groups in total. The van der Waals surface area contributed by atoms with E-state index in [2.05, 4.69) is 36.0 Å². The first kappa shape index (κ1) is 19.2. The molecule has 0 amide bonds. The summed E-state index contributed by atoms with van der Waals surface area (Å²) < 4.78 is 11.6. The van der Waals surface area contributed by atoms with Crippen LogP contribution in [0.1, 0.15) is 40.0 Å². The van der Waals surface area contributed by atoms with Gasteiger partial charge >= 0.3 is 0 Å². The molecule has 5 nitrogen and oxygen atoms in total. The Kier molecular flexibility index (Phi) is 6.58. The number of halogens is 1. The lowest BCUT2D eigenvalue weighted by atomic mass is 9.57. The predicted octanol–water partition coefficient (Wildman–Crippen LogP) is 2.49. The summed E-state index contributed by atoms with van der Waals surface area (Å²) in [6.45, 7) is 10.5. The lowest BCUT2D eigenvalue weighted by Crippen LogP contribution is -2.68. The Labute approximate surface area is 157 Å². The quantitative estimate of drug-likeness (QED) is 0.419. The van der Waals surface area contributed by atoms with Gasteiger partial charge in [-0.2, -0.15) is 0 Å². The minimum absolute atomic E-state index is 0. The van der Waals surface area contributed by atoms with E-state index < -0.39 is 0 Å². The van der Waals surface area contributed by atoms with E-state index in [0.717, 1.165) is 45.1 Å². The van der Waals surface area contributed by atoms with Gasteiger partial charge in [0.15, 0.2) is 5.96 Å². The van der Waals surface area contributed by atoms with Crippen molar-refractivity contribution in [2.45, 2.75) is 58.3 Å². The smallest absolute Gasteiger partial charge is 0.193 e. The number of likely N-dealkylation sites (tertiary alicyclic amines) is 1. The number of nitrogens with one attached hydrogen (secondary N) is 1. The number of rotatable bonds is 3. The molecule has 0 aromatic heterocycles. The lowest BCUT2D eigenvalue weighted by molar-refractivity contribution is -0.107. The third-order valence-corrected chi connectivity index (χ3v) is 5.74. The Bertz CT molecular complexity index is 422. The molecule has 6 heteroatoms. The molecule has 0 bridgehead atoms. The maximum Gasteiger partial charge on any atom is 0.193 e. The number of aliphatic imine (C=N–C) groups is 1. The summed E-state index contributed by atoms with van der Waals surface area (Å²) in [6, 6.07) is 0.475. The van der Waals surface area contributed by atoms with Gasteiger partial charge in [0.2, 0.25) is 0 Å². The molecule has 1 aliphatic carbocycles. The zero-order valence-electron chi connectivity index (χ0n) is 14.9. The van der Waals surface area contributed by atoms with E-state index >= 15 is 0 Å². The van der Waals surface area contributed by atoms with Crippen LogP contribution < -0.4 is 5.32 Å². The topological polar surface area (TPSA) is 46.1 Å². The molecular formula is C17H32IN3O2. The highest BCUT2D eigenvalue weighted by Crippen LogP contribution is 2.52. The number of hydrogen-bond acceptors (Lipinski definition) is 3. The predicted molar refractivity (Wildman–Crippen MR) is 104 cm³/mol. The van der Waals surface area contributed by atoms with E-state index in [9.17, 15) is 0 Å². The van der Waals surface area contributed by atoms with Crippen LogP contribution in [0.4, 0.5) is 0 Å². The standard InChI is InChI=1S/C17H31N3O2.HI/c1-5-21-12-6-9-20(10-7-12)16(18-4)19-14-13-8-11-22-15(13)17(14,2)3;/h12-15H,5-11H2,1-4H3,(H,18,19);1H. The molecule has 0 aromatic rings. The Hall–Kier alpha value is -0.0800. The third kappa shape index (κ3) is 3.63. The van der Waals surface area contributed by atoms with Gasteiger partial charge in [-0.05, 0) is 26.2 Å². The van der Waals surface area contributed by atoms with Crippen LogP contribution in [0.5, 0.6) is 0 Å². The van der Waals surface area contributed by atoms with E-state index in [4.69, 9.17) is 9.47 Å². The summed E-state index contributed by atoms with van der Waals surface area (Å²) in [5, 5.41) is 3.74. The second kappa shape index (κ2) is 7.87. The van der Waals surface area contributed by atoms with Crippen LogP contribution >= 0.6 is 24.0 Å². The number of nitrogens with zero attached hydrogens (tertiary/aromatic N) is 2. The minimum Gasteiger partial charge on any atom is -0.378 e. The van der Waals surface area contributed by atoms with E-state index in [0.29, 0.717) is 24.2 Å². The first-order valence-electron chi connectivity index (χ1n) is 8.79. The Morgan fingerprint density at radius 3 is 2.61 bits per heavy atom. The van der Waals surface area contributed by atoms with Crippen LogP contribution in [0.15, 0.2) is 4.99 Å². The molecule has 3 aliphatic rings. The Morgan fingerprint density at radius 2 is 2.00 bits per heavy atom. The van der Waals surface area contributed by atoms with Crippen molar-refractivity contribution in [3.05, 3.63) is 0 Å². The zero-order valence-corrected chi connectivity index (χ0v) is 17.2. The van der Waals surface area contributed by atoms with Gasteiger partial charge in [-0.1, -0.05) is 13.8 Å². The van der Waals surface area contributed by atoms with Crippen LogP contribution in [0.3, 0.4) is 0 Å². The van der Waals surface area contributed by atoms with Crippen molar-refractivity contribution in [3.8, 4) is 0 Å². The van der Waals surface area contributed by atoms with Gasteiger partial charge in [0, 0.05) is 50.7 Å². The van der Waals surface area contributed by atoms with Crippen molar-refractivity contribution in [2.75, 3.05) is 33.4 Å². The van der Waals surface area contributed by atoms with E-state index in [1.807, 2.05) is 7.05 Å². The molecule has 2 heterocycles. The summed E-state index contributed by atoms with van der Waals surface area (Å²) in [5.74, 6) is 1.70. The van der Waals surface area contributed by atoms with E-state index in [1.165, 1.54) is 6.42 Å². The van der Waals surface area contributed by atoms with Gasteiger partial charge < -0.3 is 19.7 Å². The Balaban J connectivity index is 0.00000192. The number of piperidine rings is 1. The fourth-order valence-corrected chi connectivity index (χ4v) is 4.52. The molecule has 2 saturated heterocycles. The van der Waals surface area contributed by atoms with Crippen molar-refractivity contribution in [3.63, 3.8) is 0 Å². The van der Waals surface area contributed by atoms with Crippen LogP contribution in [0.25, 0.3) is 0 Å².